The fourth-order valence-corrected chi connectivity index (χ4v) is 10.0. The molecule has 268 valence electrons. The van der Waals surface area contributed by atoms with E-state index < -0.39 is 0 Å². The molecule has 0 atom stereocenters. The molecule has 0 unspecified atom stereocenters. The summed E-state index contributed by atoms with van der Waals surface area (Å²) >= 11 is 0. The fraction of sp³-hybridized carbons (Fsp3) is 0.0185. The molecule has 4 heteroatoms. The zero-order valence-corrected chi connectivity index (χ0v) is 31.1. The van der Waals surface area contributed by atoms with Gasteiger partial charge in [-0.2, -0.15) is 0 Å². The van der Waals surface area contributed by atoms with E-state index in [1.165, 1.54) is 60.5 Å². The first-order valence-electron chi connectivity index (χ1n) is 19.8. The highest BCUT2D eigenvalue weighted by Crippen LogP contribution is 2.62. The topological polar surface area (TPSA) is 51.8 Å². The Hall–Kier alpha value is -7.69. The van der Waals surface area contributed by atoms with Gasteiger partial charge in [0, 0.05) is 21.9 Å². The molecule has 11 aromatic rings. The Morgan fingerprint density at radius 3 is 1.67 bits per heavy atom. The van der Waals surface area contributed by atoms with Crippen molar-refractivity contribution in [3.8, 4) is 56.4 Å². The quantitative estimate of drug-likeness (QED) is 0.169. The molecule has 2 aliphatic rings. The van der Waals surface area contributed by atoms with Gasteiger partial charge < -0.3 is 4.42 Å². The summed E-state index contributed by atoms with van der Waals surface area (Å²) in [4.78, 5) is 15.2. The third-order valence-electron chi connectivity index (χ3n) is 12.5. The number of para-hydroxylation sites is 2. The Bertz CT molecular complexity index is 3450. The van der Waals surface area contributed by atoms with E-state index >= 15 is 0 Å². The van der Waals surface area contributed by atoms with E-state index in [1.54, 1.807) is 0 Å². The average molecular weight is 738 g/mol. The second-order valence-corrected chi connectivity index (χ2v) is 15.5. The first kappa shape index (κ1) is 31.5. The van der Waals surface area contributed by atoms with Crippen molar-refractivity contribution in [3.05, 3.63) is 210 Å². The Kier molecular flexibility index (Phi) is 6.34. The van der Waals surface area contributed by atoms with Gasteiger partial charge in [-0.3, -0.25) is 0 Å². The molecule has 4 nitrogen and oxygen atoms in total. The van der Waals surface area contributed by atoms with Crippen LogP contribution in [-0.2, 0) is 5.41 Å². The largest absolute Gasteiger partial charge is 0.455 e. The monoisotopic (exact) mass is 737 g/mol. The maximum absolute atomic E-state index is 6.42. The van der Waals surface area contributed by atoms with Crippen LogP contribution >= 0.6 is 0 Å². The standard InChI is InChI=1S/C54H31N3O/c1-2-11-35(12-3-1)51-55-52(57-53(56-51)41-18-10-17-40-39-16-5-7-22-47(39)58-50(40)41)36-27-23-32(24-28-36)37-29-30-44-42(31-37)38-15-4-6-19-43(38)54(44)45-20-8-13-33-25-26-34-14-9-21-46(54)49(34)48(33)45/h1-31H. The van der Waals surface area contributed by atoms with Crippen molar-refractivity contribution in [3.63, 3.8) is 0 Å². The van der Waals surface area contributed by atoms with Crippen LogP contribution in [-0.4, -0.2) is 15.0 Å². The SMILES string of the molecule is c1ccc(-c2nc(-c3ccc(-c4ccc5c(c4)-c4ccccc4C54c5cccc6ccc7cccc4c7c56)cc3)nc(-c3cccc4c3oc3ccccc34)n2)cc1. The number of furan rings is 1. The lowest BCUT2D eigenvalue weighted by Crippen LogP contribution is -2.26. The first-order valence-corrected chi connectivity index (χ1v) is 19.8. The van der Waals surface area contributed by atoms with E-state index in [4.69, 9.17) is 19.4 Å². The number of fused-ring (bicyclic) bond motifs is 10. The Balaban J connectivity index is 0.939. The molecule has 2 heterocycles. The van der Waals surface area contributed by atoms with E-state index in [-0.39, 0.29) is 5.41 Å². The molecule has 13 rings (SSSR count). The van der Waals surface area contributed by atoms with Gasteiger partial charge in [0.05, 0.1) is 11.0 Å². The van der Waals surface area contributed by atoms with Gasteiger partial charge in [-0.05, 0) is 84.3 Å². The molecule has 2 aliphatic carbocycles. The molecular formula is C54H31N3O. The van der Waals surface area contributed by atoms with Crippen molar-refractivity contribution >= 4 is 43.5 Å². The highest BCUT2D eigenvalue weighted by Gasteiger charge is 2.50. The summed E-state index contributed by atoms with van der Waals surface area (Å²) in [6.45, 7) is 0. The summed E-state index contributed by atoms with van der Waals surface area (Å²) in [7, 11) is 0. The molecule has 9 aromatic carbocycles. The van der Waals surface area contributed by atoms with Crippen molar-refractivity contribution in [2.45, 2.75) is 5.41 Å². The summed E-state index contributed by atoms with van der Waals surface area (Å²) in [5.74, 6) is 1.80. The molecule has 58 heavy (non-hydrogen) atoms. The Morgan fingerprint density at radius 1 is 0.345 bits per heavy atom. The van der Waals surface area contributed by atoms with Crippen LogP contribution in [0, 0.1) is 0 Å². The lowest BCUT2D eigenvalue weighted by atomic mass is 9.70. The van der Waals surface area contributed by atoms with Crippen LogP contribution in [0.5, 0.6) is 0 Å². The lowest BCUT2D eigenvalue weighted by molar-refractivity contribution is 0.669. The minimum atomic E-state index is -0.365. The van der Waals surface area contributed by atoms with E-state index in [0.29, 0.717) is 17.5 Å². The summed E-state index contributed by atoms with van der Waals surface area (Å²) in [6, 6.07) is 67.3. The van der Waals surface area contributed by atoms with Crippen LogP contribution in [0.3, 0.4) is 0 Å². The summed E-state index contributed by atoms with van der Waals surface area (Å²) in [5, 5.41) is 7.46. The van der Waals surface area contributed by atoms with Gasteiger partial charge in [0.1, 0.15) is 11.2 Å². The summed E-state index contributed by atoms with van der Waals surface area (Å²) in [6.07, 6.45) is 0. The van der Waals surface area contributed by atoms with Crippen molar-refractivity contribution in [1.82, 2.24) is 15.0 Å². The van der Waals surface area contributed by atoms with Gasteiger partial charge in [-0.25, -0.2) is 15.0 Å². The van der Waals surface area contributed by atoms with Crippen LogP contribution < -0.4 is 0 Å². The number of rotatable bonds is 4. The van der Waals surface area contributed by atoms with Gasteiger partial charge in [-0.1, -0.05) is 170 Å². The second-order valence-electron chi connectivity index (χ2n) is 15.5. The number of hydrogen-bond acceptors (Lipinski definition) is 4. The molecule has 0 N–H and O–H groups in total. The molecule has 2 aromatic heterocycles. The maximum atomic E-state index is 6.42. The maximum Gasteiger partial charge on any atom is 0.167 e. The third kappa shape index (κ3) is 4.21. The molecule has 0 radical (unpaired) electrons. The predicted octanol–water partition coefficient (Wildman–Crippen LogP) is 13.4. The van der Waals surface area contributed by atoms with E-state index in [1.807, 2.05) is 60.7 Å². The van der Waals surface area contributed by atoms with Crippen molar-refractivity contribution in [2.24, 2.45) is 0 Å². The molecule has 0 aliphatic heterocycles. The lowest BCUT2D eigenvalue weighted by Gasteiger charge is -2.30. The van der Waals surface area contributed by atoms with Gasteiger partial charge in [0.2, 0.25) is 0 Å². The van der Waals surface area contributed by atoms with Crippen molar-refractivity contribution in [2.75, 3.05) is 0 Å². The number of benzene rings is 9. The van der Waals surface area contributed by atoms with E-state index in [0.717, 1.165) is 44.2 Å². The predicted molar refractivity (Wildman–Crippen MR) is 235 cm³/mol. The number of hydrogen-bond donors (Lipinski definition) is 0. The molecular weight excluding hydrogens is 707 g/mol. The van der Waals surface area contributed by atoms with Gasteiger partial charge in [0.25, 0.3) is 0 Å². The average Bonchev–Trinajstić information content (AvgIpc) is 3.93. The minimum Gasteiger partial charge on any atom is -0.455 e. The fourth-order valence-electron chi connectivity index (χ4n) is 10.0. The Morgan fingerprint density at radius 2 is 0.897 bits per heavy atom. The van der Waals surface area contributed by atoms with Gasteiger partial charge in [0.15, 0.2) is 17.5 Å². The molecule has 1 spiro atoms. The van der Waals surface area contributed by atoms with Crippen molar-refractivity contribution < 1.29 is 4.42 Å². The highest BCUT2D eigenvalue weighted by molar-refractivity contribution is 6.17. The second kappa shape index (κ2) is 11.7. The molecule has 0 saturated carbocycles. The molecule has 0 saturated heterocycles. The van der Waals surface area contributed by atoms with Crippen LogP contribution in [0.1, 0.15) is 22.3 Å². The summed E-state index contributed by atoms with van der Waals surface area (Å²) in [5.41, 5.74) is 14.3. The zero-order chi connectivity index (χ0) is 38.0. The number of nitrogens with zero attached hydrogens (tertiary/aromatic N) is 3. The highest BCUT2D eigenvalue weighted by atomic mass is 16.3. The first-order chi connectivity index (χ1) is 28.7. The normalized spacial score (nSPS) is 13.3. The van der Waals surface area contributed by atoms with Crippen LogP contribution in [0.4, 0.5) is 0 Å². The summed E-state index contributed by atoms with van der Waals surface area (Å²) < 4.78 is 6.42. The van der Waals surface area contributed by atoms with Gasteiger partial charge in [-0.15, -0.1) is 0 Å². The smallest absolute Gasteiger partial charge is 0.167 e. The van der Waals surface area contributed by atoms with E-state index in [9.17, 15) is 0 Å². The third-order valence-corrected chi connectivity index (χ3v) is 12.5. The molecule has 0 amide bonds. The molecule has 0 fully saturated rings. The zero-order valence-electron chi connectivity index (χ0n) is 31.1. The van der Waals surface area contributed by atoms with Gasteiger partial charge >= 0.3 is 0 Å². The Labute approximate surface area is 333 Å². The minimum absolute atomic E-state index is 0.365. The van der Waals surface area contributed by atoms with Crippen molar-refractivity contribution in [1.29, 1.82) is 0 Å². The van der Waals surface area contributed by atoms with E-state index in [2.05, 4.69) is 127 Å². The van der Waals surface area contributed by atoms with Crippen LogP contribution in [0.15, 0.2) is 192 Å². The van der Waals surface area contributed by atoms with Crippen LogP contribution in [0.25, 0.3) is 99.9 Å². The number of aromatic nitrogens is 3. The molecule has 0 bridgehead atoms. The van der Waals surface area contributed by atoms with Crippen LogP contribution in [0.2, 0.25) is 0 Å².